The molecule has 0 aliphatic carbocycles. The minimum atomic E-state index is 0.0577. The lowest BCUT2D eigenvalue weighted by Gasteiger charge is -2.30. The minimum Gasteiger partial charge on any atom is -0.367 e. The van der Waals surface area contributed by atoms with Crippen LogP contribution in [-0.4, -0.2) is 11.5 Å². The van der Waals surface area contributed by atoms with Crippen LogP contribution in [0.2, 0.25) is 0 Å². The second kappa shape index (κ2) is 3.94. The molecule has 1 heterocycles. The van der Waals surface area contributed by atoms with Gasteiger partial charge in [0, 0.05) is 18.4 Å². The normalized spacial score (nSPS) is 14.5. The molecule has 1 rings (SSSR count). The molecule has 3 heteroatoms. The maximum absolute atomic E-state index is 6.13. The summed E-state index contributed by atoms with van der Waals surface area (Å²) in [5, 5.41) is 0. The molecule has 74 valence electrons. The maximum Gasteiger partial charge on any atom is 0.0362 e. The minimum absolute atomic E-state index is 0.0577. The van der Waals surface area contributed by atoms with Crippen LogP contribution in [0, 0.1) is 5.41 Å². The van der Waals surface area contributed by atoms with Gasteiger partial charge in [0.1, 0.15) is 0 Å². The summed E-state index contributed by atoms with van der Waals surface area (Å²) >= 11 is 0. The van der Waals surface area contributed by atoms with E-state index in [1.54, 1.807) is 0 Å². The zero-order chi connectivity index (χ0) is 9.90. The highest BCUT2D eigenvalue weighted by molar-refractivity contribution is 5.16. The fraction of sp³-hybridized carbons (Fsp3) is 0.600. The van der Waals surface area contributed by atoms with Crippen molar-refractivity contribution in [2.45, 2.75) is 26.3 Å². The molecule has 5 N–H and O–H groups in total. The van der Waals surface area contributed by atoms with E-state index in [2.05, 4.69) is 18.8 Å². The summed E-state index contributed by atoms with van der Waals surface area (Å²) in [7, 11) is 0. The first kappa shape index (κ1) is 10.3. The predicted octanol–water partition coefficient (Wildman–Crippen LogP) is 1.39. The third kappa shape index (κ3) is 2.32. The highest BCUT2D eigenvalue weighted by Gasteiger charge is 2.26. The van der Waals surface area contributed by atoms with Crippen LogP contribution in [0.3, 0.4) is 0 Å². The van der Waals surface area contributed by atoms with Crippen molar-refractivity contribution in [2.24, 2.45) is 16.9 Å². The van der Waals surface area contributed by atoms with Crippen LogP contribution in [-0.2, 0) is 0 Å². The third-order valence-electron chi connectivity index (χ3n) is 2.61. The Bertz CT molecular complexity index is 239. The van der Waals surface area contributed by atoms with Crippen LogP contribution in [0.1, 0.15) is 31.9 Å². The molecule has 3 nitrogen and oxygen atoms in total. The number of nitrogens with one attached hydrogen (secondary N) is 1. The molecule has 0 radical (unpaired) electrons. The third-order valence-corrected chi connectivity index (χ3v) is 2.61. The average Bonchev–Trinajstić information content (AvgIpc) is 2.54. The van der Waals surface area contributed by atoms with Gasteiger partial charge in [-0.15, -0.1) is 0 Å². The van der Waals surface area contributed by atoms with Crippen molar-refractivity contribution in [3.63, 3.8) is 0 Å². The standard InChI is InChI=1S/C10H19N3/c1-10(2,4-5-11)9(12)8-3-6-13-7-8/h3,6-7,9,13H,4-5,11-12H2,1-2H3. The van der Waals surface area contributed by atoms with Gasteiger partial charge in [0.15, 0.2) is 0 Å². The van der Waals surface area contributed by atoms with Crippen molar-refractivity contribution in [3.8, 4) is 0 Å². The lowest BCUT2D eigenvalue weighted by molar-refractivity contribution is 0.271. The zero-order valence-corrected chi connectivity index (χ0v) is 8.38. The van der Waals surface area contributed by atoms with Crippen molar-refractivity contribution in [1.29, 1.82) is 0 Å². The Labute approximate surface area is 79.5 Å². The Morgan fingerprint density at radius 1 is 1.54 bits per heavy atom. The Hall–Kier alpha value is -0.800. The van der Waals surface area contributed by atoms with Crippen LogP contribution in [0.25, 0.3) is 0 Å². The SMILES string of the molecule is CC(C)(CCN)C(N)c1cc[nH]c1. The molecule has 1 aromatic rings. The summed E-state index contributed by atoms with van der Waals surface area (Å²) in [5.74, 6) is 0. The van der Waals surface area contributed by atoms with Crippen molar-refractivity contribution >= 4 is 0 Å². The second-order valence-electron chi connectivity index (χ2n) is 4.15. The van der Waals surface area contributed by atoms with Crippen molar-refractivity contribution in [2.75, 3.05) is 6.54 Å². The monoisotopic (exact) mass is 181 g/mol. The van der Waals surface area contributed by atoms with Crippen LogP contribution in [0.4, 0.5) is 0 Å². The molecule has 0 fully saturated rings. The van der Waals surface area contributed by atoms with Gasteiger partial charge < -0.3 is 16.5 Å². The quantitative estimate of drug-likeness (QED) is 0.657. The molecule has 0 bridgehead atoms. The first-order chi connectivity index (χ1) is 6.08. The number of hydrogen-bond acceptors (Lipinski definition) is 2. The molecule has 0 aliphatic heterocycles. The number of aromatic nitrogens is 1. The first-order valence-electron chi connectivity index (χ1n) is 4.66. The van der Waals surface area contributed by atoms with Crippen molar-refractivity contribution in [1.82, 2.24) is 4.98 Å². The average molecular weight is 181 g/mol. The molecule has 1 unspecified atom stereocenters. The number of rotatable bonds is 4. The number of H-pyrrole nitrogens is 1. The summed E-state index contributed by atoms with van der Waals surface area (Å²) in [4.78, 5) is 3.01. The van der Waals surface area contributed by atoms with Gasteiger partial charge in [-0.1, -0.05) is 13.8 Å². The molecule has 13 heavy (non-hydrogen) atoms. The van der Waals surface area contributed by atoms with Gasteiger partial charge >= 0.3 is 0 Å². The van der Waals surface area contributed by atoms with Gasteiger partial charge in [-0.2, -0.15) is 0 Å². The molecule has 0 aliphatic rings. The molecule has 0 amide bonds. The van der Waals surface area contributed by atoms with E-state index in [1.165, 1.54) is 0 Å². The zero-order valence-electron chi connectivity index (χ0n) is 8.38. The van der Waals surface area contributed by atoms with E-state index < -0.39 is 0 Å². The fourth-order valence-corrected chi connectivity index (χ4v) is 1.51. The smallest absolute Gasteiger partial charge is 0.0362 e. The fourth-order valence-electron chi connectivity index (χ4n) is 1.51. The van der Waals surface area contributed by atoms with E-state index in [0.29, 0.717) is 6.54 Å². The van der Waals surface area contributed by atoms with E-state index in [4.69, 9.17) is 11.5 Å². The second-order valence-corrected chi connectivity index (χ2v) is 4.15. The molecular formula is C10H19N3. The molecule has 1 aromatic heterocycles. The van der Waals surface area contributed by atoms with Gasteiger partial charge in [0.2, 0.25) is 0 Å². The Kier molecular flexibility index (Phi) is 3.12. The lowest BCUT2D eigenvalue weighted by atomic mass is 9.79. The molecule has 0 spiro atoms. The van der Waals surface area contributed by atoms with E-state index in [0.717, 1.165) is 12.0 Å². The number of nitrogens with two attached hydrogens (primary N) is 2. The first-order valence-corrected chi connectivity index (χ1v) is 4.66. The predicted molar refractivity (Wildman–Crippen MR) is 55.2 cm³/mol. The number of hydrogen-bond donors (Lipinski definition) is 3. The summed E-state index contributed by atoms with van der Waals surface area (Å²) < 4.78 is 0. The molecular weight excluding hydrogens is 162 g/mol. The van der Waals surface area contributed by atoms with Crippen LogP contribution >= 0.6 is 0 Å². The highest BCUT2D eigenvalue weighted by Crippen LogP contribution is 2.33. The van der Waals surface area contributed by atoms with Crippen LogP contribution in [0.5, 0.6) is 0 Å². The molecule has 0 aromatic carbocycles. The number of aromatic amines is 1. The molecule has 0 saturated heterocycles. The van der Waals surface area contributed by atoms with Crippen LogP contribution < -0.4 is 11.5 Å². The lowest BCUT2D eigenvalue weighted by Crippen LogP contribution is -2.31. The topological polar surface area (TPSA) is 67.8 Å². The van der Waals surface area contributed by atoms with E-state index in [-0.39, 0.29) is 11.5 Å². The summed E-state index contributed by atoms with van der Waals surface area (Å²) in [6.07, 6.45) is 4.79. The molecule has 1 atom stereocenters. The van der Waals surface area contributed by atoms with Gasteiger partial charge in [-0.05, 0) is 30.0 Å². The summed E-state index contributed by atoms with van der Waals surface area (Å²) in [6, 6.07) is 2.07. The maximum atomic E-state index is 6.13. The van der Waals surface area contributed by atoms with E-state index >= 15 is 0 Å². The van der Waals surface area contributed by atoms with Crippen molar-refractivity contribution in [3.05, 3.63) is 24.0 Å². The van der Waals surface area contributed by atoms with Crippen molar-refractivity contribution < 1.29 is 0 Å². The molecule has 0 saturated carbocycles. The Morgan fingerprint density at radius 3 is 2.69 bits per heavy atom. The van der Waals surface area contributed by atoms with E-state index in [9.17, 15) is 0 Å². The largest absolute Gasteiger partial charge is 0.367 e. The van der Waals surface area contributed by atoms with Crippen LogP contribution in [0.15, 0.2) is 18.5 Å². The van der Waals surface area contributed by atoms with Gasteiger partial charge in [-0.3, -0.25) is 0 Å². The van der Waals surface area contributed by atoms with Gasteiger partial charge in [0.25, 0.3) is 0 Å². The van der Waals surface area contributed by atoms with Gasteiger partial charge in [0.05, 0.1) is 0 Å². The Balaban J connectivity index is 2.71. The summed E-state index contributed by atoms with van der Waals surface area (Å²) in [6.45, 7) is 4.99. The Morgan fingerprint density at radius 2 is 2.23 bits per heavy atom. The van der Waals surface area contributed by atoms with E-state index in [1.807, 2.05) is 18.5 Å². The highest BCUT2D eigenvalue weighted by atomic mass is 14.7. The van der Waals surface area contributed by atoms with Gasteiger partial charge in [-0.25, -0.2) is 0 Å². The summed E-state index contributed by atoms with van der Waals surface area (Å²) in [5.41, 5.74) is 12.9.